The Hall–Kier alpha value is -2.84. The zero-order valence-electron chi connectivity index (χ0n) is 21.1. The molecule has 0 aromatic heterocycles. The number of hydrogen-bond acceptors (Lipinski definition) is 4. The van der Waals surface area contributed by atoms with Crippen LogP contribution in [0.2, 0.25) is 10.0 Å². The predicted molar refractivity (Wildman–Crippen MR) is 144 cm³/mol. The number of carbonyl (C=O) groups excluding carboxylic acids is 2. The molecule has 3 aromatic rings. The average Bonchev–Trinajstić information content (AvgIpc) is 2.84. The van der Waals surface area contributed by atoms with Gasteiger partial charge in [-0.15, -0.1) is 0 Å². The number of carboxylic acids is 1. The van der Waals surface area contributed by atoms with E-state index in [2.05, 4.69) is 16.0 Å². The van der Waals surface area contributed by atoms with Crippen LogP contribution < -0.4 is 34.8 Å². The number of nitrogens with one attached hydrogen (secondary N) is 3. The van der Waals surface area contributed by atoms with Crippen LogP contribution in [0, 0.1) is 11.7 Å². The fraction of sp³-hybridized carbons (Fsp3) is 0.269. The molecule has 0 heterocycles. The third kappa shape index (κ3) is 8.32. The minimum absolute atomic E-state index is 0. The molecule has 0 spiro atoms. The van der Waals surface area contributed by atoms with Gasteiger partial charge in [-0.2, -0.15) is 0 Å². The fourth-order valence-electron chi connectivity index (χ4n) is 4.53. The molecule has 0 aliphatic heterocycles. The third-order valence-electron chi connectivity index (χ3n) is 6.30. The number of amides is 3. The van der Waals surface area contributed by atoms with Gasteiger partial charge in [-0.05, 0) is 53.8 Å². The van der Waals surface area contributed by atoms with E-state index in [0.29, 0.717) is 0 Å². The van der Waals surface area contributed by atoms with E-state index in [1.54, 1.807) is 12.1 Å². The van der Waals surface area contributed by atoms with E-state index in [1.807, 2.05) is 24.3 Å². The number of carbonyl (C=O) groups is 3. The molecule has 0 unspecified atom stereocenters. The van der Waals surface area contributed by atoms with E-state index in [9.17, 15) is 23.9 Å². The maximum absolute atomic E-state index is 13.5. The van der Waals surface area contributed by atoms with Crippen molar-refractivity contribution in [2.24, 2.45) is 5.92 Å². The molecule has 4 rings (SSSR count). The Kier molecular flexibility index (Phi) is 13.2. The zero-order chi connectivity index (χ0) is 25.8. The Morgan fingerprint density at radius 3 is 2.05 bits per heavy atom. The fourth-order valence-corrected chi connectivity index (χ4v) is 5.08. The summed E-state index contributed by atoms with van der Waals surface area (Å²) in [5, 5.41) is 18.8. The number of urea groups is 1. The number of hydrogen-bond donors (Lipinski definition) is 4. The van der Waals surface area contributed by atoms with E-state index in [0.717, 1.165) is 55.0 Å². The molecule has 1 atom stereocenters. The molecule has 1 fully saturated rings. The summed E-state index contributed by atoms with van der Waals surface area (Å²) in [5.74, 6) is -2.53. The summed E-state index contributed by atoms with van der Waals surface area (Å²) in [4.78, 5) is 38.1. The van der Waals surface area contributed by atoms with Crippen LogP contribution in [0.5, 0.6) is 0 Å². The SMILES string of the molecule is O.O=C(Nc1cc2ccccc2cc1C(=O)N[C@H](C(=O)O)C1CCCCC1)Nc1c(Cl)cc(F)cc1Cl.[Li+].[OH-]. The number of rotatable bonds is 6. The van der Waals surface area contributed by atoms with Gasteiger partial charge in [-0.25, -0.2) is 14.0 Å². The Morgan fingerprint density at radius 2 is 1.49 bits per heavy atom. The summed E-state index contributed by atoms with van der Waals surface area (Å²) in [6, 6.07) is 10.7. The second kappa shape index (κ2) is 15.1. The van der Waals surface area contributed by atoms with Crippen molar-refractivity contribution in [3.05, 3.63) is 70.0 Å². The summed E-state index contributed by atoms with van der Waals surface area (Å²) in [6.45, 7) is 0. The van der Waals surface area contributed by atoms with Crippen LogP contribution >= 0.6 is 23.2 Å². The topological polar surface area (TPSA) is 169 Å². The first-order valence-electron chi connectivity index (χ1n) is 11.5. The number of carboxylic acid groups (broad SMARTS) is 1. The van der Waals surface area contributed by atoms with E-state index in [-0.39, 0.29) is 62.7 Å². The molecule has 1 aliphatic carbocycles. The first-order valence-corrected chi connectivity index (χ1v) is 12.3. The Labute approximate surface area is 246 Å². The van der Waals surface area contributed by atoms with Crippen LogP contribution in [0.1, 0.15) is 42.5 Å². The smallest absolute Gasteiger partial charge is 0.870 e. The Morgan fingerprint density at radius 1 is 0.923 bits per heavy atom. The van der Waals surface area contributed by atoms with Gasteiger partial charge in [-0.3, -0.25) is 4.79 Å². The number of benzene rings is 3. The van der Waals surface area contributed by atoms with Gasteiger partial charge in [0.05, 0.1) is 27.0 Å². The van der Waals surface area contributed by atoms with Gasteiger partial charge in [-0.1, -0.05) is 66.7 Å². The standard InChI is InChI=1S/C26H24Cl2FN3O4.Li.2H2O/c27-19-12-17(29)13-20(28)23(19)32-26(36)30-21-11-16-9-5-4-8-15(16)10-18(21)24(33)31-22(25(34)35)14-6-2-1-3-7-14;;;/h4-5,8-14,22H,1-3,6-7H2,(H,31,33)(H,34,35)(H2,30,32,36);;2*1H2/q;+1;;/p-1/t22-;;;/m0.../s1. The van der Waals surface area contributed by atoms with E-state index < -0.39 is 29.8 Å². The van der Waals surface area contributed by atoms with Crippen molar-refractivity contribution in [2.45, 2.75) is 38.1 Å². The molecule has 39 heavy (non-hydrogen) atoms. The van der Waals surface area contributed by atoms with Crippen LogP contribution in [0.4, 0.5) is 20.6 Å². The molecule has 3 aromatic carbocycles. The molecule has 0 saturated heterocycles. The Bertz CT molecular complexity index is 1320. The molecular formula is C26H27Cl2FLiN3O6. The van der Waals surface area contributed by atoms with E-state index in [4.69, 9.17) is 23.2 Å². The minimum Gasteiger partial charge on any atom is -0.870 e. The van der Waals surface area contributed by atoms with E-state index >= 15 is 0 Å². The largest absolute Gasteiger partial charge is 1.00 e. The van der Waals surface area contributed by atoms with Crippen LogP contribution in [-0.4, -0.2) is 40.0 Å². The maximum atomic E-state index is 13.5. The number of fused-ring (bicyclic) bond motifs is 1. The number of aliphatic carboxylic acids is 1. The molecular weight excluding hydrogens is 547 g/mol. The molecule has 204 valence electrons. The molecule has 1 saturated carbocycles. The van der Waals surface area contributed by atoms with Crippen LogP contribution in [0.3, 0.4) is 0 Å². The van der Waals surface area contributed by atoms with Crippen LogP contribution in [0.25, 0.3) is 10.8 Å². The molecule has 0 bridgehead atoms. The summed E-state index contributed by atoms with van der Waals surface area (Å²) >= 11 is 12.0. The van der Waals surface area contributed by atoms with Gasteiger partial charge in [0.15, 0.2) is 0 Å². The van der Waals surface area contributed by atoms with Gasteiger partial charge >= 0.3 is 30.9 Å². The van der Waals surface area contributed by atoms with Crippen molar-refractivity contribution in [2.75, 3.05) is 10.6 Å². The van der Waals surface area contributed by atoms with Crippen molar-refractivity contribution in [1.82, 2.24) is 5.32 Å². The van der Waals surface area contributed by atoms with Crippen molar-refractivity contribution in [3.8, 4) is 0 Å². The van der Waals surface area contributed by atoms with Gasteiger partial charge in [0.1, 0.15) is 11.9 Å². The van der Waals surface area contributed by atoms with Crippen LogP contribution in [-0.2, 0) is 4.79 Å². The maximum Gasteiger partial charge on any atom is 1.00 e. The first-order chi connectivity index (χ1) is 17.2. The van der Waals surface area contributed by atoms with Crippen molar-refractivity contribution in [1.29, 1.82) is 0 Å². The van der Waals surface area contributed by atoms with Crippen molar-refractivity contribution < 1.29 is 53.7 Å². The monoisotopic (exact) mass is 573 g/mol. The summed E-state index contributed by atoms with van der Waals surface area (Å²) in [7, 11) is 0. The number of halogens is 3. The molecule has 3 amide bonds. The van der Waals surface area contributed by atoms with Gasteiger partial charge < -0.3 is 32.0 Å². The van der Waals surface area contributed by atoms with Gasteiger partial charge in [0.2, 0.25) is 0 Å². The molecule has 7 N–H and O–H groups in total. The van der Waals surface area contributed by atoms with Gasteiger partial charge in [0, 0.05) is 0 Å². The normalized spacial score (nSPS) is 13.6. The predicted octanol–water partition coefficient (Wildman–Crippen LogP) is 2.70. The molecule has 13 heteroatoms. The summed E-state index contributed by atoms with van der Waals surface area (Å²) in [6.07, 6.45) is 4.33. The molecule has 9 nitrogen and oxygen atoms in total. The van der Waals surface area contributed by atoms with Gasteiger partial charge in [0.25, 0.3) is 5.91 Å². The number of anilines is 2. The second-order valence-electron chi connectivity index (χ2n) is 8.76. The molecule has 1 aliphatic rings. The minimum atomic E-state index is -1.09. The second-order valence-corrected chi connectivity index (χ2v) is 9.57. The summed E-state index contributed by atoms with van der Waals surface area (Å²) in [5.41, 5.74) is 0.264. The quantitative estimate of drug-likeness (QED) is 0.332. The van der Waals surface area contributed by atoms with Crippen molar-refractivity contribution >= 4 is 63.3 Å². The Balaban J connectivity index is 0.00000253. The van der Waals surface area contributed by atoms with Crippen LogP contribution in [0.15, 0.2) is 48.5 Å². The third-order valence-corrected chi connectivity index (χ3v) is 6.89. The van der Waals surface area contributed by atoms with E-state index in [1.165, 1.54) is 0 Å². The zero-order valence-corrected chi connectivity index (χ0v) is 22.6. The summed E-state index contributed by atoms with van der Waals surface area (Å²) < 4.78 is 13.5. The average molecular weight is 574 g/mol. The first kappa shape index (κ1) is 34.2. The molecule has 0 radical (unpaired) electrons. The van der Waals surface area contributed by atoms with Crippen molar-refractivity contribution in [3.63, 3.8) is 0 Å².